The smallest absolute Gasteiger partial charge is 0.114 e. The molecule has 178 valence electrons. The summed E-state index contributed by atoms with van der Waals surface area (Å²) in [7, 11) is 1.86. The van der Waals surface area contributed by atoms with Gasteiger partial charge in [-0.15, -0.1) is 0 Å². The van der Waals surface area contributed by atoms with Crippen LogP contribution >= 0.6 is 0 Å². The Balaban J connectivity index is 1.93. The van der Waals surface area contributed by atoms with Gasteiger partial charge >= 0.3 is 0 Å². The number of anilines is 1. The van der Waals surface area contributed by atoms with E-state index < -0.39 is 31.0 Å². The molecule has 0 aliphatic carbocycles. The number of aliphatic hydroxyl groups excluding tert-OH is 4. The third-order valence-electron chi connectivity index (χ3n) is 5.76. The topological polar surface area (TPSA) is 120 Å². The summed E-state index contributed by atoms with van der Waals surface area (Å²) in [5, 5.41) is 45.8. The fraction of sp³-hybridized carbons (Fsp3) is 0.609. The van der Waals surface area contributed by atoms with Crippen molar-refractivity contribution in [2.45, 2.75) is 57.3 Å². The largest absolute Gasteiger partial charge is 0.394 e. The van der Waals surface area contributed by atoms with Gasteiger partial charge in [0.2, 0.25) is 0 Å². The molecule has 32 heavy (non-hydrogen) atoms. The van der Waals surface area contributed by atoms with Gasteiger partial charge in [-0.3, -0.25) is 4.68 Å². The number of rotatable bonds is 4. The molecule has 1 aromatic carbocycles. The van der Waals surface area contributed by atoms with Gasteiger partial charge in [-0.25, -0.2) is 0 Å². The molecule has 2 heterocycles. The molecule has 0 radical (unpaired) electrons. The van der Waals surface area contributed by atoms with Crippen LogP contribution in [0, 0.1) is 6.92 Å². The Morgan fingerprint density at radius 3 is 2.66 bits per heavy atom. The van der Waals surface area contributed by atoms with Crippen LogP contribution in [-0.4, -0.2) is 81.0 Å². The molecule has 1 aromatic heterocycles. The highest BCUT2D eigenvalue weighted by molar-refractivity contribution is 5.54. The number of aryl methyl sites for hydroxylation is 2. The molecule has 0 spiro atoms. The van der Waals surface area contributed by atoms with Crippen LogP contribution in [-0.2, 0) is 29.7 Å². The number of benzene rings is 1. The van der Waals surface area contributed by atoms with E-state index in [1.165, 1.54) is 0 Å². The number of β-amino-alcohol motifs (C(OH)–C–C–N with tert-alkyl or cyclic N) is 1. The number of aromatic nitrogens is 2. The van der Waals surface area contributed by atoms with E-state index in [0.717, 1.165) is 28.9 Å². The lowest BCUT2D eigenvalue weighted by Crippen LogP contribution is -2.51. The number of hydrogen-bond acceptors (Lipinski definition) is 8. The molecule has 4 atom stereocenters. The zero-order chi connectivity index (χ0) is 23.1. The van der Waals surface area contributed by atoms with E-state index in [2.05, 4.69) is 5.10 Å². The average molecular weight is 450 g/mol. The maximum Gasteiger partial charge on any atom is 0.114 e. The van der Waals surface area contributed by atoms with Gasteiger partial charge in [-0.1, -0.05) is 18.2 Å². The number of para-hydroxylation sites is 1. The molecule has 4 N–H and O–H groups in total. The number of ether oxygens (including phenoxy) is 2. The Kier molecular flexibility index (Phi) is 9.03. The number of aliphatic hydroxyl groups is 4. The summed E-state index contributed by atoms with van der Waals surface area (Å²) in [6, 6.07) is 7.83. The van der Waals surface area contributed by atoms with Gasteiger partial charge < -0.3 is 34.8 Å². The maximum atomic E-state index is 10.9. The molecular weight excluding hydrogens is 414 g/mol. The molecular formula is C23H35N3O6. The normalized spacial score (nSPS) is 24.6. The molecule has 0 saturated carbocycles. The summed E-state index contributed by atoms with van der Waals surface area (Å²) >= 11 is 0. The highest BCUT2D eigenvalue weighted by atomic mass is 16.5. The zero-order valence-corrected chi connectivity index (χ0v) is 18.8. The minimum absolute atomic E-state index is 0.0878. The van der Waals surface area contributed by atoms with Crippen LogP contribution in [0.1, 0.15) is 29.7 Å². The van der Waals surface area contributed by atoms with Crippen molar-refractivity contribution in [2.75, 3.05) is 31.3 Å². The first-order valence-corrected chi connectivity index (χ1v) is 11.1. The van der Waals surface area contributed by atoms with Gasteiger partial charge in [0.15, 0.2) is 0 Å². The van der Waals surface area contributed by atoms with Gasteiger partial charge in [0.05, 0.1) is 25.0 Å². The second-order valence-electron chi connectivity index (χ2n) is 8.33. The van der Waals surface area contributed by atoms with Crippen molar-refractivity contribution in [3.8, 4) is 0 Å². The van der Waals surface area contributed by atoms with Crippen LogP contribution in [0.2, 0.25) is 0 Å². The standard InChI is InChI=1S/C23H35N3O6/c1-16-18(11-25(2)24-16)12-26-13-20(28)22(30)23(21(29)14-27)32-10-6-5-9-31-15-17-7-3-4-8-19(17)26/h3-4,7-8,11,20-23,27-30H,5-6,9-10,12-15H2,1-2H3/t20-,21-,22-,23-/m1/s1. The fourth-order valence-corrected chi connectivity index (χ4v) is 4.00. The third kappa shape index (κ3) is 6.28. The molecule has 0 fully saturated rings. The van der Waals surface area contributed by atoms with Crippen LogP contribution in [0.3, 0.4) is 0 Å². The highest BCUT2D eigenvalue weighted by Gasteiger charge is 2.34. The maximum absolute atomic E-state index is 10.9. The summed E-state index contributed by atoms with van der Waals surface area (Å²) in [4.78, 5) is 1.98. The van der Waals surface area contributed by atoms with Crippen molar-refractivity contribution in [2.24, 2.45) is 7.05 Å². The Morgan fingerprint density at radius 1 is 1.19 bits per heavy atom. The first-order valence-electron chi connectivity index (χ1n) is 11.1. The lowest BCUT2D eigenvalue weighted by atomic mass is 10.0. The molecule has 0 saturated heterocycles. The minimum Gasteiger partial charge on any atom is -0.394 e. The third-order valence-corrected chi connectivity index (χ3v) is 5.76. The molecule has 3 rings (SSSR count). The van der Waals surface area contributed by atoms with Crippen molar-refractivity contribution in [1.82, 2.24) is 9.78 Å². The number of hydrogen-bond donors (Lipinski definition) is 4. The number of fused-ring (bicyclic) bond motifs is 1. The molecule has 1 aliphatic heterocycles. The molecule has 1 aliphatic rings. The molecule has 9 nitrogen and oxygen atoms in total. The highest BCUT2D eigenvalue weighted by Crippen LogP contribution is 2.26. The van der Waals surface area contributed by atoms with Crippen molar-refractivity contribution < 1.29 is 29.9 Å². The van der Waals surface area contributed by atoms with Crippen LogP contribution in [0.25, 0.3) is 0 Å². The summed E-state index contributed by atoms with van der Waals surface area (Å²) in [6.07, 6.45) is -1.64. The Labute approximate surface area is 188 Å². The van der Waals surface area contributed by atoms with E-state index in [1.54, 1.807) is 4.68 Å². The Hall–Kier alpha value is -2.01. The molecule has 0 unspecified atom stereocenters. The SMILES string of the molecule is Cc1nn(C)cc1CN1C[C@@H](O)[C@@H](O)[C@@H]([C@H](O)CO)OCCCCOCc2ccccc21. The lowest BCUT2D eigenvalue weighted by Gasteiger charge is -2.34. The second kappa shape index (κ2) is 11.7. The lowest BCUT2D eigenvalue weighted by molar-refractivity contribution is -0.141. The van der Waals surface area contributed by atoms with Crippen LogP contribution in [0.5, 0.6) is 0 Å². The van der Waals surface area contributed by atoms with Crippen molar-refractivity contribution in [1.29, 1.82) is 0 Å². The second-order valence-corrected chi connectivity index (χ2v) is 8.33. The first kappa shape index (κ1) is 24.6. The number of nitrogens with zero attached hydrogens (tertiary/aromatic N) is 3. The Bertz CT molecular complexity index is 845. The monoisotopic (exact) mass is 449 g/mol. The van der Waals surface area contributed by atoms with E-state index in [1.807, 2.05) is 49.3 Å². The average Bonchev–Trinajstić information content (AvgIpc) is 3.10. The van der Waals surface area contributed by atoms with Crippen molar-refractivity contribution in [3.63, 3.8) is 0 Å². The first-order chi connectivity index (χ1) is 15.4. The van der Waals surface area contributed by atoms with E-state index >= 15 is 0 Å². The van der Waals surface area contributed by atoms with Crippen molar-refractivity contribution >= 4 is 5.69 Å². The summed E-state index contributed by atoms with van der Waals surface area (Å²) in [5.41, 5.74) is 3.75. The van der Waals surface area contributed by atoms with E-state index in [9.17, 15) is 20.4 Å². The van der Waals surface area contributed by atoms with Crippen LogP contribution < -0.4 is 4.90 Å². The van der Waals surface area contributed by atoms with Gasteiger partial charge in [-0.05, 0) is 25.8 Å². The van der Waals surface area contributed by atoms with Crippen LogP contribution in [0.15, 0.2) is 30.5 Å². The molecule has 2 aromatic rings. The van der Waals surface area contributed by atoms with Gasteiger partial charge in [0.25, 0.3) is 0 Å². The molecule has 0 bridgehead atoms. The van der Waals surface area contributed by atoms with Crippen molar-refractivity contribution in [3.05, 3.63) is 47.3 Å². The fourth-order valence-electron chi connectivity index (χ4n) is 4.00. The molecule has 9 heteroatoms. The quantitative estimate of drug-likeness (QED) is 0.533. The van der Waals surface area contributed by atoms with Gasteiger partial charge in [0, 0.05) is 56.4 Å². The van der Waals surface area contributed by atoms with Crippen LogP contribution in [0.4, 0.5) is 5.69 Å². The van der Waals surface area contributed by atoms with Gasteiger partial charge in [0.1, 0.15) is 18.3 Å². The van der Waals surface area contributed by atoms with E-state index in [-0.39, 0.29) is 13.2 Å². The van der Waals surface area contributed by atoms with E-state index in [0.29, 0.717) is 26.2 Å². The summed E-state index contributed by atoms with van der Waals surface area (Å²) in [6.45, 7) is 3.19. The minimum atomic E-state index is -1.37. The summed E-state index contributed by atoms with van der Waals surface area (Å²) in [5.74, 6) is 0. The predicted octanol–water partition coefficient (Wildman–Crippen LogP) is 0.506. The molecule has 0 amide bonds. The van der Waals surface area contributed by atoms with Gasteiger partial charge in [-0.2, -0.15) is 5.10 Å². The Morgan fingerprint density at radius 2 is 1.94 bits per heavy atom. The zero-order valence-electron chi connectivity index (χ0n) is 18.8. The van der Waals surface area contributed by atoms with E-state index in [4.69, 9.17) is 9.47 Å². The summed E-state index contributed by atoms with van der Waals surface area (Å²) < 4.78 is 13.3. The predicted molar refractivity (Wildman–Crippen MR) is 119 cm³/mol.